The summed E-state index contributed by atoms with van der Waals surface area (Å²) in [5, 5.41) is 10.8. The Morgan fingerprint density at radius 3 is 2.55 bits per heavy atom. The van der Waals surface area contributed by atoms with E-state index in [1.165, 1.54) is 18.2 Å². The van der Waals surface area contributed by atoms with Gasteiger partial charge in [-0.3, -0.25) is 4.98 Å². The summed E-state index contributed by atoms with van der Waals surface area (Å²) in [6.45, 7) is 1.82. The molecule has 3 rings (SSSR count). The summed E-state index contributed by atoms with van der Waals surface area (Å²) in [4.78, 5) is 3.78. The van der Waals surface area contributed by atoms with Gasteiger partial charge in [-0.2, -0.15) is 13.2 Å². The molecule has 1 aromatic carbocycles. The second kappa shape index (κ2) is 7.60. The zero-order valence-electron chi connectivity index (χ0n) is 16.0. The fourth-order valence-electron chi connectivity index (χ4n) is 3.59. The average molecular weight is 429 g/mol. The standard InChI is InChI=1S/C20H22F3NO4S/c1-3-19(25)11-5-8-17(19)28-18-14(6-4-7-16(18)29(2,26)27)15-10-9-13(12-24-15)20(21,22)23/h4,6-7,9-10,12,17,25H,3,5,8,11H2,1-2H3. The highest BCUT2D eigenvalue weighted by Gasteiger charge is 2.42. The SMILES string of the molecule is CCC1(O)CCCC1Oc1c(-c2ccc(C(F)(F)F)cn2)cccc1S(C)(=O)=O. The Labute approximate surface area is 167 Å². The van der Waals surface area contributed by atoms with Crippen LogP contribution < -0.4 is 4.74 Å². The molecule has 5 nitrogen and oxygen atoms in total. The summed E-state index contributed by atoms with van der Waals surface area (Å²) in [6.07, 6.45) is -1.18. The van der Waals surface area contributed by atoms with Gasteiger partial charge in [0.05, 0.1) is 11.3 Å². The van der Waals surface area contributed by atoms with Crippen molar-refractivity contribution in [1.29, 1.82) is 0 Å². The molecule has 158 valence electrons. The molecule has 9 heteroatoms. The van der Waals surface area contributed by atoms with E-state index in [1.54, 1.807) is 6.07 Å². The van der Waals surface area contributed by atoms with Crippen molar-refractivity contribution in [3.05, 3.63) is 42.1 Å². The van der Waals surface area contributed by atoms with Crippen LogP contribution in [0.5, 0.6) is 5.75 Å². The number of ether oxygens (including phenoxy) is 1. The van der Waals surface area contributed by atoms with Gasteiger partial charge in [-0.05, 0) is 49.9 Å². The third-order valence-electron chi connectivity index (χ3n) is 5.29. The molecule has 1 fully saturated rings. The molecule has 0 aliphatic heterocycles. The lowest BCUT2D eigenvalue weighted by molar-refractivity contribution is -0.137. The molecular weight excluding hydrogens is 407 g/mol. The van der Waals surface area contributed by atoms with Gasteiger partial charge < -0.3 is 9.84 Å². The van der Waals surface area contributed by atoms with Crippen LogP contribution in [0.3, 0.4) is 0 Å². The normalized spacial score (nSPS) is 22.6. The Balaban J connectivity index is 2.11. The first-order chi connectivity index (χ1) is 13.5. The minimum Gasteiger partial charge on any atom is -0.485 e. The van der Waals surface area contributed by atoms with Crippen LogP contribution in [0.2, 0.25) is 0 Å². The minimum absolute atomic E-state index is 0.000957. The molecule has 0 radical (unpaired) electrons. The molecule has 0 spiro atoms. The maximum atomic E-state index is 12.8. The van der Waals surface area contributed by atoms with Gasteiger partial charge in [0.15, 0.2) is 9.84 Å². The number of alkyl halides is 3. The molecular formula is C20H22F3NO4S. The number of benzene rings is 1. The highest BCUT2D eigenvalue weighted by molar-refractivity contribution is 7.90. The van der Waals surface area contributed by atoms with E-state index < -0.39 is 33.3 Å². The van der Waals surface area contributed by atoms with Crippen molar-refractivity contribution >= 4 is 9.84 Å². The van der Waals surface area contributed by atoms with E-state index in [-0.39, 0.29) is 21.9 Å². The van der Waals surface area contributed by atoms with Crippen LogP contribution in [0.1, 0.15) is 38.2 Å². The Hall–Kier alpha value is -2.13. The number of hydrogen-bond donors (Lipinski definition) is 1. The number of nitrogens with zero attached hydrogens (tertiary/aromatic N) is 1. The molecule has 0 bridgehead atoms. The number of sulfone groups is 1. The van der Waals surface area contributed by atoms with Gasteiger partial charge in [-0.25, -0.2) is 8.42 Å². The Bertz CT molecular complexity index is 990. The summed E-state index contributed by atoms with van der Waals surface area (Å²) in [7, 11) is -3.70. The first-order valence-electron chi connectivity index (χ1n) is 9.21. The largest absolute Gasteiger partial charge is 0.485 e. The van der Waals surface area contributed by atoms with Gasteiger partial charge in [0.1, 0.15) is 22.4 Å². The maximum Gasteiger partial charge on any atom is 0.417 e. The molecule has 2 unspecified atom stereocenters. The number of rotatable bonds is 5. The fourth-order valence-corrected chi connectivity index (χ4v) is 4.41. The lowest BCUT2D eigenvalue weighted by Gasteiger charge is -2.30. The van der Waals surface area contributed by atoms with Crippen LogP contribution in [0.25, 0.3) is 11.3 Å². The molecule has 0 amide bonds. The summed E-state index contributed by atoms with van der Waals surface area (Å²) in [5.41, 5.74) is -1.59. The van der Waals surface area contributed by atoms with Gasteiger partial charge in [0.25, 0.3) is 0 Å². The predicted octanol–water partition coefficient (Wildman–Crippen LogP) is 4.24. The maximum absolute atomic E-state index is 12.8. The van der Waals surface area contributed by atoms with E-state index >= 15 is 0 Å². The van der Waals surface area contributed by atoms with Gasteiger partial charge in [0, 0.05) is 18.0 Å². The fraction of sp³-hybridized carbons (Fsp3) is 0.450. The quantitative estimate of drug-likeness (QED) is 0.769. The molecule has 1 aromatic heterocycles. The zero-order chi connectivity index (χ0) is 21.4. The van der Waals surface area contributed by atoms with E-state index in [9.17, 15) is 26.7 Å². The second-order valence-electron chi connectivity index (χ2n) is 7.29. The number of halogens is 3. The van der Waals surface area contributed by atoms with Crippen LogP contribution in [-0.2, 0) is 16.0 Å². The number of para-hydroxylation sites is 1. The third kappa shape index (κ3) is 4.40. The van der Waals surface area contributed by atoms with Crippen molar-refractivity contribution < 1.29 is 31.4 Å². The van der Waals surface area contributed by atoms with E-state index in [4.69, 9.17) is 4.74 Å². The second-order valence-corrected chi connectivity index (χ2v) is 9.27. The van der Waals surface area contributed by atoms with Crippen LogP contribution in [0, 0.1) is 0 Å². The van der Waals surface area contributed by atoms with Crippen molar-refractivity contribution in [2.45, 2.75) is 55.4 Å². The van der Waals surface area contributed by atoms with Crippen LogP contribution in [0.4, 0.5) is 13.2 Å². The van der Waals surface area contributed by atoms with Crippen LogP contribution in [0.15, 0.2) is 41.4 Å². The average Bonchev–Trinajstić information content (AvgIpc) is 3.01. The van der Waals surface area contributed by atoms with Crippen molar-refractivity contribution in [3.63, 3.8) is 0 Å². The first kappa shape index (κ1) is 21.6. The van der Waals surface area contributed by atoms with E-state index in [0.717, 1.165) is 18.7 Å². The van der Waals surface area contributed by atoms with Crippen LogP contribution >= 0.6 is 0 Å². The summed E-state index contributed by atoms with van der Waals surface area (Å²) >= 11 is 0. The third-order valence-corrected chi connectivity index (χ3v) is 6.41. The van der Waals surface area contributed by atoms with Crippen LogP contribution in [-0.4, -0.2) is 36.5 Å². The molecule has 1 N–H and O–H groups in total. The molecule has 1 aliphatic rings. The van der Waals surface area contributed by atoms with Gasteiger partial charge in [-0.1, -0.05) is 13.0 Å². The highest BCUT2D eigenvalue weighted by atomic mass is 32.2. The zero-order valence-corrected chi connectivity index (χ0v) is 16.8. The molecule has 1 aliphatic carbocycles. The predicted molar refractivity (Wildman–Crippen MR) is 101 cm³/mol. The van der Waals surface area contributed by atoms with Crippen molar-refractivity contribution in [2.75, 3.05) is 6.26 Å². The van der Waals surface area contributed by atoms with Crippen molar-refractivity contribution in [3.8, 4) is 17.0 Å². The van der Waals surface area contributed by atoms with Gasteiger partial charge in [-0.15, -0.1) is 0 Å². The van der Waals surface area contributed by atoms with Crippen molar-refractivity contribution in [1.82, 2.24) is 4.98 Å². The summed E-state index contributed by atoms with van der Waals surface area (Å²) in [5.74, 6) is 0.000957. The Morgan fingerprint density at radius 1 is 1.28 bits per heavy atom. The number of aliphatic hydroxyl groups is 1. The summed E-state index contributed by atoms with van der Waals surface area (Å²) in [6, 6.07) is 6.46. The van der Waals surface area contributed by atoms with Gasteiger partial charge >= 0.3 is 6.18 Å². The lowest BCUT2D eigenvalue weighted by atomic mass is 9.96. The summed E-state index contributed by atoms with van der Waals surface area (Å²) < 4.78 is 69.2. The monoisotopic (exact) mass is 429 g/mol. The highest BCUT2D eigenvalue weighted by Crippen LogP contribution is 2.41. The molecule has 2 atom stereocenters. The van der Waals surface area contributed by atoms with E-state index in [0.29, 0.717) is 25.5 Å². The van der Waals surface area contributed by atoms with E-state index in [1.807, 2.05) is 6.92 Å². The smallest absolute Gasteiger partial charge is 0.417 e. The first-order valence-corrected chi connectivity index (χ1v) is 11.1. The number of pyridine rings is 1. The molecule has 0 saturated heterocycles. The number of aromatic nitrogens is 1. The molecule has 29 heavy (non-hydrogen) atoms. The van der Waals surface area contributed by atoms with Crippen molar-refractivity contribution in [2.24, 2.45) is 0 Å². The van der Waals surface area contributed by atoms with Gasteiger partial charge in [0.2, 0.25) is 0 Å². The number of hydrogen-bond acceptors (Lipinski definition) is 5. The lowest BCUT2D eigenvalue weighted by Crippen LogP contribution is -2.40. The van der Waals surface area contributed by atoms with E-state index in [2.05, 4.69) is 4.98 Å². The minimum atomic E-state index is -4.53. The topological polar surface area (TPSA) is 76.5 Å². The molecule has 1 heterocycles. The molecule has 1 saturated carbocycles. The Morgan fingerprint density at radius 2 is 2.00 bits per heavy atom. The molecule has 2 aromatic rings. The Kier molecular flexibility index (Phi) is 5.66.